The highest BCUT2D eigenvalue weighted by Crippen LogP contribution is 2.29. The monoisotopic (exact) mass is 284 g/mol. The van der Waals surface area contributed by atoms with Crippen LogP contribution in [0.15, 0.2) is 0 Å². The fourth-order valence-electron chi connectivity index (χ4n) is 2.96. The Hall–Kier alpha value is -0.710. The predicted molar refractivity (Wildman–Crippen MR) is 78.1 cm³/mol. The summed E-state index contributed by atoms with van der Waals surface area (Å²) in [6.45, 7) is 5.34. The van der Waals surface area contributed by atoms with E-state index >= 15 is 0 Å². The van der Waals surface area contributed by atoms with E-state index in [0.29, 0.717) is 31.1 Å². The zero-order valence-electron chi connectivity index (χ0n) is 11.9. The number of thioether (sulfide) groups is 1. The molecule has 2 saturated heterocycles. The summed E-state index contributed by atoms with van der Waals surface area (Å²) in [6.07, 6.45) is 4.22. The van der Waals surface area contributed by atoms with Crippen molar-refractivity contribution in [2.75, 3.05) is 18.8 Å². The van der Waals surface area contributed by atoms with Gasteiger partial charge in [-0.3, -0.25) is 9.59 Å². The molecule has 0 bridgehead atoms. The van der Waals surface area contributed by atoms with Gasteiger partial charge in [0.25, 0.3) is 0 Å². The number of carbonyl (C=O) groups is 2. The Morgan fingerprint density at radius 3 is 2.68 bits per heavy atom. The molecule has 2 aliphatic rings. The lowest BCUT2D eigenvalue weighted by Gasteiger charge is -2.34. The van der Waals surface area contributed by atoms with Crippen LogP contribution in [0.1, 0.15) is 46.0 Å². The Balaban J connectivity index is 2.13. The van der Waals surface area contributed by atoms with E-state index in [9.17, 15) is 9.59 Å². The standard InChI is InChI=1S/C14H24N2O2S/c1-3-14(4-2)13(18)16(8-7-12(17)15-14)10-11-6-5-9-19-11/h11H,3-10H2,1-2H3,(H,15,17). The van der Waals surface area contributed by atoms with E-state index in [1.165, 1.54) is 18.6 Å². The second-order valence-corrected chi connectivity index (χ2v) is 6.88. The van der Waals surface area contributed by atoms with Crippen molar-refractivity contribution in [2.45, 2.75) is 56.7 Å². The number of carbonyl (C=O) groups excluding carboxylic acids is 2. The zero-order chi connectivity index (χ0) is 13.9. The first-order chi connectivity index (χ1) is 9.11. The topological polar surface area (TPSA) is 49.4 Å². The van der Waals surface area contributed by atoms with Crippen LogP contribution in [0.3, 0.4) is 0 Å². The maximum Gasteiger partial charge on any atom is 0.248 e. The first-order valence-corrected chi connectivity index (χ1v) is 8.38. The minimum atomic E-state index is -0.670. The molecule has 2 amide bonds. The predicted octanol–water partition coefficient (Wildman–Crippen LogP) is 1.79. The third kappa shape index (κ3) is 3.07. The van der Waals surface area contributed by atoms with Crippen molar-refractivity contribution in [3.8, 4) is 0 Å². The third-order valence-electron chi connectivity index (χ3n) is 4.34. The van der Waals surface area contributed by atoms with Crippen molar-refractivity contribution in [3.63, 3.8) is 0 Å². The Kier molecular flexibility index (Phi) is 4.76. The Morgan fingerprint density at radius 1 is 1.37 bits per heavy atom. The second-order valence-electron chi connectivity index (χ2n) is 5.47. The Bertz CT molecular complexity index is 349. The summed E-state index contributed by atoms with van der Waals surface area (Å²) in [5.41, 5.74) is -0.670. The SMILES string of the molecule is CCC1(CC)NC(=O)CCN(CC2CCCS2)C1=O. The minimum absolute atomic E-state index is 0.0126. The van der Waals surface area contributed by atoms with Crippen LogP contribution in [0.4, 0.5) is 0 Å². The van der Waals surface area contributed by atoms with Gasteiger partial charge in [-0.2, -0.15) is 11.8 Å². The van der Waals surface area contributed by atoms with E-state index in [-0.39, 0.29) is 11.8 Å². The first-order valence-electron chi connectivity index (χ1n) is 7.33. The molecule has 2 rings (SSSR count). The molecule has 108 valence electrons. The molecule has 0 aromatic carbocycles. The fraction of sp³-hybridized carbons (Fsp3) is 0.857. The highest BCUT2D eigenvalue weighted by atomic mass is 32.2. The van der Waals surface area contributed by atoms with Crippen LogP contribution in [0.5, 0.6) is 0 Å². The minimum Gasteiger partial charge on any atom is -0.342 e. The van der Waals surface area contributed by atoms with Gasteiger partial charge in [-0.15, -0.1) is 0 Å². The maximum atomic E-state index is 12.8. The number of hydrogen-bond donors (Lipinski definition) is 1. The highest BCUT2D eigenvalue weighted by Gasteiger charge is 2.42. The Labute approximate surface area is 119 Å². The number of nitrogens with one attached hydrogen (secondary N) is 1. The molecule has 0 aliphatic carbocycles. The molecular formula is C14H24N2O2S. The lowest BCUT2D eigenvalue weighted by molar-refractivity contribution is -0.139. The van der Waals surface area contributed by atoms with Gasteiger partial charge in [0.2, 0.25) is 11.8 Å². The van der Waals surface area contributed by atoms with E-state index < -0.39 is 5.54 Å². The highest BCUT2D eigenvalue weighted by molar-refractivity contribution is 8.00. The normalized spacial score (nSPS) is 27.3. The molecule has 1 atom stereocenters. The molecule has 1 unspecified atom stereocenters. The summed E-state index contributed by atoms with van der Waals surface area (Å²) < 4.78 is 0. The van der Waals surface area contributed by atoms with Crippen molar-refractivity contribution < 1.29 is 9.59 Å². The van der Waals surface area contributed by atoms with Crippen LogP contribution in [-0.2, 0) is 9.59 Å². The van der Waals surface area contributed by atoms with E-state index in [2.05, 4.69) is 5.32 Å². The first kappa shape index (κ1) is 14.7. The van der Waals surface area contributed by atoms with Crippen molar-refractivity contribution in [1.82, 2.24) is 10.2 Å². The zero-order valence-corrected chi connectivity index (χ0v) is 12.7. The largest absolute Gasteiger partial charge is 0.342 e. The average Bonchev–Trinajstić information content (AvgIpc) is 2.89. The van der Waals surface area contributed by atoms with E-state index in [4.69, 9.17) is 0 Å². The van der Waals surface area contributed by atoms with Crippen LogP contribution in [0.25, 0.3) is 0 Å². The number of amides is 2. The third-order valence-corrected chi connectivity index (χ3v) is 5.72. The number of nitrogens with zero attached hydrogens (tertiary/aromatic N) is 1. The van der Waals surface area contributed by atoms with Crippen LogP contribution in [-0.4, -0.2) is 46.3 Å². The van der Waals surface area contributed by atoms with Gasteiger partial charge in [-0.05, 0) is 31.4 Å². The van der Waals surface area contributed by atoms with Crippen LogP contribution in [0.2, 0.25) is 0 Å². The smallest absolute Gasteiger partial charge is 0.248 e. The molecule has 2 heterocycles. The number of hydrogen-bond acceptors (Lipinski definition) is 3. The molecule has 2 fully saturated rings. The van der Waals surface area contributed by atoms with Crippen molar-refractivity contribution in [1.29, 1.82) is 0 Å². The molecular weight excluding hydrogens is 260 g/mol. The lowest BCUT2D eigenvalue weighted by atomic mass is 9.91. The van der Waals surface area contributed by atoms with Crippen molar-refractivity contribution >= 4 is 23.6 Å². The van der Waals surface area contributed by atoms with Gasteiger partial charge in [0.05, 0.1) is 0 Å². The average molecular weight is 284 g/mol. The van der Waals surface area contributed by atoms with Crippen molar-refractivity contribution in [2.24, 2.45) is 0 Å². The summed E-state index contributed by atoms with van der Waals surface area (Å²) >= 11 is 1.96. The van der Waals surface area contributed by atoms with Gasteiger partial charge in [0, 0.05) is 24.8 Å². The molecule has 0 radical (unpaired) electrons. The van der Waals surface area contributed by atoms with Crippen LogP contribution < -0.4 is 5.32 Å². The summed E-state index contributed by atoms with van der Waals surface area (Å²) in [4.78, 5) is 26.5. The molecule has 5 heteroatoms. The van der Waals surface area contributed by atoms with Gasteiger partial charge in [-0.25, -0.2) is 0 Å². The molecule has 19 heavy (non-hydrogen) atoms. The lowest BCUT2D eigenvalue weighted by Crippen LogP contribution is -2.57. The molecule has 0 saturated carbocycles. The van der Waals surface area contributed by atoms with Crippen LogP contribution in [0, 0.1) is 0 Å². The summed E-state index contributed by atoms with van der Waals surface area (Å²) in [6, 6.07) is 0. The molecule has 1 N–H and O–H groups in total. The maximum absolute atomic E-state index is 12.8. The number of rotatable bonds is 4. The second kappa shape index (κ2) is 6.16. The molecule has 0 spiro atoms. The van der Waals surface area contributed by atoms with E-state index in [1.807, 2.05) is 30.5 Å². The molecule has 0 aromatic heterocycles. The van der Waals surface area contributed by atoms with Gasteiger partial charge in [-0.1, -0.05) is 13.8 Å². The summed E-state index contributed by atoms with van der Waals surface area (Å²) in [7, 11) is 0. The molecule has 4 nitrogen and oxygen atoms in total. The Morgan fingerprint density at radius 2 is 2.11 bits per heavy atom. The molecule has 0 aromatic rings. The summed E-state index contributed by atoms with van der Waals surface area (Å²) in [5, 5.41) is 3.52. The molecule has 2 aliphatic heterocycles. The van der Waals surface area contributed by atoms with E-state index in [1.54, 1.807) is 0 Å². The van der Waals surface area contributed by atoms with Crippen molar-refractivity contribution in [3.05, 3.63) is 0 Å². The van der Waals surface area contributed by atoms with Gasteiger partial charge < -0.3 is 10.2 Å². The summed E-state index contributed by atoms with van der Waals surface area (Å²) in [5.74, 6) is 1.34. The van der Waals surface area contributed by atoms with Gasteiger partial charge >= 0.3 is 0 Å². The van der Waals surface area contributed by atoms with Gasteiger partial charge in [0.15, 0.2) is 0 Å². The van der Waals surface area contributed by atoms with E-state index in [0.717, 1.165) is 6.54 Å². The fourth-order valence-corrected chi connectivity index (χ4v) is 4.25. The van der Waals surface area contributed by atoms with Gasteiger partial charge in [0.1, 0.15) is 5.54 Å². The van der Waals surface area contributed by atoms with Crippen LogP contribution >= 0.6 is 11.8 Å². The quantitative estimate of drug-likeness (QED) is 0.856.